The average Bonchev–Trinajstić information content (AvgIpc) is 2.41. The largest absolute Gasteiger partial charge is 0.462 e. The smallest absolute Gasteiger partial charge is 0.227 e. The van der Waals surface area contributed by atoms with Gasteiger partial charge in [-0.15, -0.1) is 0 Å². The Morgan fingerprint density at radius 2 is 2.71 bits per heavy atom. The standard InChI is InChI=1S/C5H5NO/c1-2-4-5(7-4)6-3-1/h1-3,5-6H. The second kappa shape index (κ2) is 0.832. The van der Waals surface area contributed by atoms with Gasteiger partial charge in [-0.05, 0) is 12.2 Å². The Hall–Kier alpha value is -0.920. The fourth-order valence-electron chi connectivity index (χ4n) is 0.631. The number of rotatable bonds is 0. The van der Waals surface area contributed by atoms with Crippen LogP contribution in [-0.4, -0.2) is 6.23 Å². The highest BCUT2D eigenvalue weighted by Gasteiger charge is 2.31. The van der Waals surface area contributed by atoms with Gasteiger partial charge in [0, 0.05) is 6.20 Å². The molecule has 0 amide bonds. The Labute approximate surface area is 41.5 Å². The Morgan fingerprint density at radius 1 is 1.71 bits per heavy atom. The molecule has 0 bridgehead atoms. The summed E-state index contributed by atoms with van der Waals surface area (Å²) in [5.41, 5.74) is 0. The Morgan fingerprint density at radius 3 is 3.29 bits per heavy atom. The number of fused-ring (bicyclic) bond motifs is 1. The summed E-state index contributed by atoms with van der Waals surface area (Å²) in [6, 6.07) is 0. The highest BCUT2D eigenvalue weighted by atomic mass is 16.6. The lowest BCUT2D eigenvalue weighted by atomic mass is 10.4. The molecular formula is C5H5NO. The lowest BCUT2D eigenvalue weighted by Crippen LogP contribution is -2.08. The molecule has 0 spiro atoms. The van der Waals surface area contributed by atoms with Crippen LogP contribution in [0.15, 0.2) is 24.1 Å². The molecule has 0 radical (unpaired) electrons. The molecule has 0 aromatic heterocycles. The first-order chi connectivity index (χ1) is 3.47. The van der Waals surface area contributed by atoms with Crippen molar-refractivity contribution in [2.75, 3.05) is 0 Å². The van der Waals surface area contributed by atoms with Gasteiger partial charge >= 0.3 is 0 Å². The van der Waals surface area contributed by atoms with Crippen LogP contribution in [0.2, 0.25) is 0 Å². The van der Waals surface area contributed by atoms with E-state index in [1.165, 1.54) is 0 Å². The summed E-state index contributed by atoms with van der Waals surface area (Å²) in [7, 11) is 0. The Balaban J connectivity index is 2.31. The van der Waals surface area contributed by atoms with Crippen molar-refractivity contribution in [1.82, 2.24) is 5.32 Å². The van der Waals surface area contributed by atoms with E-state index >= 15 is 0 Å². The molecule has 2 heterocycles. The summed E-state index contributed by atoms with van der Waals surface area (Å²) < 4.78 is 4.97. The molecule has 0 saturated carbocycles. The molecule has 7 heavy (non-hydrogen) atoms. The molecule has 0 aromatic carbocycles. The number of epoxide rings is 1. The zero-order valence-corrected chi connectivity index (χ0v) is 3.72. The normalized spacial score (nSPS) is 32.0. The highest BCUT2D eigenvalue weighted by Crippen LogP contribution is 2.25. The van der Waals surface area contributed by atoms with E-state index in [1.54, 1.807) is 0 Å². The summed E-state index contributed by atoms with van der Waals surface area (Å²) in [5.74, 6) is 1.06. The molecule has 36 valence electrons. The van der Waals surface area contributed by atoms with Gasteiger partial charge in [-0.25, -0.2) is 0 Å². The third kappa shape index (κ3) is 0.330. The second-order valence-electron chi connectivity index (χ2n) is 1.59. The molecule has 1 atom stereocenters. The zero-order chi connectivity index (χ0) is 4.69. The van der Waals surface area contributed by atoms with Gasteiger partial charge in [0.1, 0.15) is 0 Å². The van der Waals surface area contributed by atoms with Crippen molar-refractivity contribution in [2.24, 2.45) is 0 Å². The lowest BCUT2D eigenvalue weighted by molar-refractivity contribution is 0.407. The monoisotopic (exact) mass is 95.0 g/mol. The van der Waals surface area contributed by atoms with Gasteiger partial charge in [0.05, 0.1) is 0 Å². The van der Waals surface area contributed by atoms with E-state index in [0.717, 1.165) is 5.76 Å². The zero-order valence-electron chi connectivity index (χ0n) is 3.72. The minimum absolute atomic E-state index is 0.227. The third-order valence-corrected chi connectivity index (χ3v) is 1.06. The fourth-order valence-corrected chi connectivity index (χ4v) is 0.631. The van der Waals surface area contributed by atoms with Crippen molar-refractivity contribution < 1.29 is 4.74 Å². The number of ether oxygens (including phenoxy) is 1. The summed E-state index contributed by atoms with van der Waals surface area (Å²) in [5, 5.41) is 2.98. The molecule has 2 rings (SSSR count). The van der Waals surface area contributed by atoms with Gasteiger partial charge < -0.3 is 10.1 Å². The second-order valence-corrected chi connectivity index (χ2v) is 1.59. The third-order valence-electron chi connectivity index (χ3n) is 1.06. The number of allylic oxidation sites excluding steroid dienone is 2. The quantitative estimate of drug-likeness (QED) is 0.439. The van der Waals surface area contributed by atoms with Crippen molar-refractivity contribution >= 4 is 0 Å². The van der Waals surface area contributed by atoms with Crippen molar-refractivity contribution in [2.45, 2.75) is 6.23 Å². The van der Waals surface area contributed by atoms with Crippen LogP contribution in [0, 0.1) is 0 Å². The summed E-state index contributed by atoms with van der Waals surface area (Å²) >= 11 is 0. The minimum atomic E-state index is 0.227. The van der Waals surface area contributed by atoms with E-state index in [0.29, 0.717) is 0 Å². The molecule has 0 aromatic rings. The van der Waals surface area contributed by atoms with Crippen LogP contribution in [0.1, 0.15) is 0 Å². The maximum atomic E-state index is 4.97. The predicted octanol–water partition coefficient (Wildman–Crippen LogP) is 0.343. The maximum Gasteiger partial charge on any atom is 0.227 e. The molecule has 1 N–H and O–H groups in total. The SMILES string of the molecule is C1=CNC2OC2=C1. The molecule has 1 unspecified atom stereocenters. The van der Waals surface area contributed by atoms with Crippen molar-refractivity contribution in [1.29, 1.82) is 0 Å². The van der Waals surface area contributed by atoms with Gasteiger partial charge in [-0.3, -0.25) is 0 Å². The van der Waals surface area contributed by atoms with Crippen LogP contribution in [0.25, 0.3) is 0 Å². The predicted molar refractivity (Wildman–Crippen MR) is 25.2 cm³/mol. The van der Waals surface area contributed by atoms with E-state index in [-0.39, 0.29) is 6.23 Å². The topological polar surface area (TPSA) is 24.6 Å². The van der Waals surface area contributed by atoms with E-state index < -0.39 is 0 Å². The van der Waals surface area contributed by atoms with Crippen molar-refractivity contribution in [3.8, 4) is 0 Å². The summed E-state index contributed by atoms with van der Waals surface area (Å²) in [6.07, 6.45) is 5.99. The maximum absolute atomic E-state index is 4.97. The van der Waals surface area contributed by atoms with E-state index in [2.05, 4.69) is 5.32 Å². The van der Waals surface area contributed by atoms with E-state index in [9.17, 15) is 0 Å². The summed E-state index contributed by atoms with van der Waals surface area (Å²) in [6.45, 7) is 0. The highest BCUT2D eigenvalue weighted by molar-refractivity contribution is 5.24. The van der Waals surface area contributed by atoms with Gasteiger partial charge in [0.15, 0.2) is 5.76 Å². The minimum Gasteiger partial charge on any atom is -0.462 e. The number of hydrogen-bond donors (Lipinski definition) is 1. The number of dihydropyridines is 1. The molecule has 1 saturated heterocycles. The molecule has 2 nitrogen and oxygen atoms in total. The molecular weight excluding hydrogens is 90.1 g/mol. The van der Waals surface area contributed by atoms with Crippen LogP contribution in [0.3, 0.4) is 0 Å². The van der Waals surface area contributed by atoms with Crippen LogP contribution in [0.5, 0.6) is 0 Å². The fraction of sp³-hybridized carbons (Fsp3) is 0.200. The van der Waals surface area contributed by atoms with Crippen LogP contribution in [0.4, 0.5) is 0 Å². The van der Waals surface area contributed by atoms with Gasteiger partial charge in [0.25, 0.3) is 0 Å². The average molecular weight is 95.1 g/mol. The van der Waals surface area contributed by atoms with Crippen molar-refractivity contribution in [3.63, 3.8) is 0 Å². The molecule has 2 heteroatoms. The number of hydrogen-bond acceptors (Lipinski definition) is 2. The van der Waals surface area contributed by atoms with Crippen molar-refractivity contribution in [3.05, 3.63) is 24.1 Å². The first-order valence-electron chi connectivity index (χ1n) is 2.26. The Kier molecular flexibility index (Phi) is 0.372. The van der Waals surface area contributed by atoms with Gasteiger partial charge in [0.2, 0.25) is 6.23 Å². The molecule has 0 aliphatic carbocycles. The molecule has 2 aliphatic heterocycles. The van der Waals surface area contributed by atoms with Gasteiger partial charge in [-0.1, -0.05) is 0 Å². The number of nitrogens with one attached hydrogen (secondary N) is 1. The van der Waals surface area contributed by atoms with Crippen LogP contribution >= 0.6 is 0 Å². The van der Waals surface area contributed by atoms with Gasteiger partial charge in [-0.2, -0.15) is 0 Å². The van der Waals surface area contributed by atoms with Crippen LogP contribution in [-0.2, 0) is 4.74 Å². The Bertz CT molecular complexity index is 148. The van der Waals surface area contributed by atoms with E-state index in [4.69, 9.17) is 4.74 Å². The van der Waals surface area contributed by atoms with E-state index in [1.807, 2.05) is 18.4 Å². The molecule has 2 aliphatic rings. The molecule has 1 fully saturated rings. The van der Waals surface area contributed by atoms with Crippen LogP contribution < -0.4 is 5.32 Å². The first kappa shape index (κ1) is 3.13. The first-order valence-corrected chi connectivity index (χ1v) is 2.26. The summed E-state index contributed by atoms with van der Waals surface area (Å²) in [4.78, 5) is 0. The lowest BCUT2D eigenvalue weighted by Gasteiger charge is -1.88.